The van der Waals surface area contributed by atoms with Gasteiger partial charge in [0.05, 0.1) is 5.69 Å². The first kappa shape index (κ1) is 15.3. The monoisotopic (exact) mass is 305 g/mol. The highest BCUT2D eigenvalue weighted by Crippen LogP contribution is 2.17. The molecule has 0 aliphatic heterocycles. The van der Waals surface area contributed by atoms with Crippen LogP contribution in [0.1, 0.15) is 5.56 Å². The maximum absolute atomic E-state index is 12.2. The Balaban J connectivity index is 2.79. The van der Waals surface area contributed by atoms with E-state index in [0.717, 1.165) is 13.7 Å². The van der Waals surface area contributed by atoms with E-state index in [1.807, 2.05) is 0 Å². The topological polar surface area (TPSA) is 121 Å². The van der Waals surface area contributed by atoms with E-state index >= 15 is 0 Å². The Morgan fingerprint density at radius 2 is 1.59 bits per heavy atom. The van der Waals surface area contributed by atoms with Gasteiger partial charge in [0.25, 0.3) is 0 Å². The lowest BCUT2D eigenvalue weighted by molar-refractivity contribution is 0.259. The zero-order valence-electron chi connectivity index (χ0n) is 12.3. The molecule has 9 heteroatoms. The summed E-state index contributed by atoms with van der Waals surface area (Å²) in [6, 6.07) is 3.83. The Kier molecular flexibility index (Phi) is 3.72. The molecule has 1 heterocycles. The predicted octanol–water partition coefficient (Wildman–Crippen LogP) is -0.966. The maximum Gasteiger partial charge on any atom is 0.340 e. The highest BCUT2D eigenvalue weighted by atomic mass is 16.2. The molecule has 1 aromatic heterocycles. The number of urea groups is 1. The van der Waals surface area contributed by atoms with Gasteiger partial charge in [0.15, 0.2) is 0 Å². The highest BCUT2D eigenvalue weighted by molar-refractivity contribution is 5.89. The number of anilines is 1. The number of carbonyl (C=O) groups excluding carboxylic acids is 1. The van der Waals surface area contributed by atoms with Crippen LogP contribution in [0.25, 0.3) is 5.69 Å². The van der Waals surface area contributed by atoms with Crippen molar-refractivity contribution in [2.45, 2.75) is 6.92 Å². The van der Waals surface area contributed by atoms with E-state index in [1.165, 1.54) is 26.2 Å². The number of rotatable bonds is 2. The molecule has 0 saturated carbocycles. The molecular weight excluding hydrogens is 290 g/mol. The summed E-state index contributed by atoms with van der Waals surface area (Å²) in [7, 11) is 2.55. The van der Waals surface area contributed by atoms with Crippen LogP contribution in [-0.2, 0) is 14.1 Å². The lowest BCUT2D eigenvalue weighted by atomic mass is 10.2. The second kappa shape index (κ2) is 5.35. The van der Waals surface area contributed by atoms with Crippen molar-refractivity contribution in [1.29, 1.82) is 0 Å². The van der Waals surface area contributed by atoms with Gasteiger partial charge in [-0.25, -0.2) is 32.9 Å². The molecule has 2 amide bonds. The summed E-state index contributed by atoms with van der Waals surface area (Å²) in [6.45, 7) is 1.73. The van der Waals surface area contributed by atoms with E-state index in [2.05, 4.69) is 5.32 Å². The number of aryl methyl sites for hydroxylation is 1. The lowest BCUT2D eigenvalue weighted by Gasteiger charge is -2.12. The van der Waals surface area contributed by atoms with Crippen LogP contribution < -0.4 is 28.1 Å². The smallest absolute Gasteiger partial charge is 0.340 e. The Morgan fingerprint density at radius 3 is 2.09 bits per heavy atom. The zero-order valence-corrected chi connectivity index (χ0v) is 12.3. The first-order valence-electron chi connectivity index (χ1n) is 6.30. The van der Waals surface area contributed by atoms with E-state index < -0.39 is 23.1 Å². The van der Waals surface area contributed by atoms with Crippen LogP contribution in [0.4, 0.5) is 10.5 Å². The Bertz CT molecular complexity index is 895. The third-order valence-corrected chi connectivity index (χ3v) is 3.27. The molecule has 22 heavy (non-hydrogen) atoms. The van der Waals surface area contributed by atoms with Crippen molar-refractivity contribution in [2.75, 3.05) is 5.32 Å². The standard InChI is InChI=1S/C13H15N5O4/c1-7-4-5-8(6-9(7)15-10(14)19)18-12(21)16(2)11(20)17(3)13(18)22/h4-6H,1-3H3,(H3,14,15,19). The molecular formula is C13H15N5O4. The number of nitrogens with zero attached hydrogens (tertiary/aromatic N) is 3. The second-order valence-electron chi connectivity index (χ2n) is 4.79. The number of primary amides is 1. The van der Waals surface area contributed by atoms with E-state index in [1.54, 1.807) is 13.0 Å². The van der Waals surface area contributed by atoms with Crippen LogP contribution in [0.5, 0.6) is 0 Å². The van der Waals surface area contributed by atoms with Gasteiger partial charge in [-0.3, -0.25) is 0 Å². The molecule has 0 aliphatic rings. The van der Waals surface area contributed by atoms with E-state index in [4.69, 9.17) is 5.73 Å². The van der Waals surface area contributed by atoms with Gasteiger partial charge in [0, 0.05) is 19.8 Å². The number of nitrogens with two attached hydrogens (primary N) is 1. The van der Waals surface area contributed by atoms with Crippen molar-refractivity contribution in [3.63, 3.8) is 0 Å². The minimum atomic E-state index is -0.776. The van der Waals surface area contributed by atoms with Crippen molar-refractivity contribution in [3.8, 4) is 5.69 Å². The fraction of sp³-hybridized carbons (Fsp3) is 0.231. The first-order valence-corrected chi connectivity index (χ1v) is 6.30. The van der Waals surface area contributed by atoms with Gasteiger partial charge in [0.2, 0.25) is 0 Å². The van der Waals surface area contributed by atoms with E-state index in [9.17, 15) is 19.2 Å². The Labute approximate surface area is 124 Å². The predicted molar refractivity (Wildman–Crippen MR) is 80.5 cm³/mol. The SMILES string of the molecule is Cc1ccc(-n2c(=O)n(C)c(=O)n(C)c2=O)cc1NC(N)=O. The van der Waals surface area contributed by atoms with Crippen molar-refractivity contribution in [3.05, 3.63) is 55.2 Å². The van der Waals surface area contributed by atoms with E-state index in [0.29, 0.717) is 11.3 Å². The average molecular weight is 305 g/mol. The number of aromatic nitrogens is 3. The third kappa shape index (κ3) is 2.43. The van der Waals surface area contributed by atoms with Gasteiger partial charge >= 0.3 is 23.1 Å². The summed E-state index contributed by atoms with van der Waals surface area (Å²) < 4.78 is 2.48. The van der Waals surface area contributed by atoms with Gasteiger partial charge in [-0.15, -0.1) is 0 Å². The van der Waals surface area contributed by atoms with Gasteiger partial charge in [-0.1, -0.05) is 6.07 Å². The number of amides is 2. The number of carbonyl (C=O) groups is 1. The number of hydrogen-bond donors (Lipinski definition) is 2. The molecule has 3 N–H and O–H groups in total. The Hall–Kier alpha value is -3.10. The van der Waals surface area contributed by atoms with Crippen LogP contribution >= 0.6 is 0 Å². The summed E-state index contributed by atoms with van der Waals surface area (Å²) in [5.74, 6) is 0. The van der Waals surface area contributed by atoms with Crippen LogP contribution in [0.3, 0.4) is 0 Å². The first-order chi connectivity index (χ1) is 10.2. The molecule has 2 aromatic rings. The summed E-state index contributed by atoms with van der Waals surface area (Å²) >= 11 is 0. The molecule has 0 atom stereocenters. The molecule has 0 aliphatic carbocycles. The average Bonchev–Trinajstić information content (AvgIpc) is 2.46. The molecule has 0 radical (unpaired) electrons. The third-order valence-electron chi connectivity index (χ3n) is 3.27. The molecule has 2 rings (SSSR count). The van der Waals surface area contributed by atoms with Crippen molar-refractivity contribution >= 4 is 11.7 Å². The van der Waals surface area contributed by atoms with Crippen molar-refractivity contribution in [1.82, 2.24) is 13.7 Å². The largest absolute Gasteiger partial charge is 0.351 e. The van der Waals surface area contributed by atoms with Crippen molar-refractivity contribution < 1.29 is 4.79 Å². The number of benzene rings is 1. The van der Waals surface area contributed by atoms with Crippen molar-refractivity contribution in [2.24, 2.45) is 19.8 Å². The zero-order chi connectivity index (χ0) is 16.6. The van der Waals surface area contributed by atoms with Gasteiger partial charge in [-0.05, 0) is 24.6 Å². The molecule has 0 saturated heterocycles. The fourth-order valence-corrected chi connectivity index (χ4v) is 2.01. The van der Waals surface area contributed by atoms with Crippen LogP contribution in [0.2, 0.25) is 0 Å². The maximum atomic E-state index is 12.2. The summed E-state index contributed by atoms with van der Waals surface area (Å²) in [6.07, 6.45) is 0. The van der Waals surface area contributed by atoms with Crippen LogP contribution in [-0.4, -0.2) is 19.7 Å². The summed E-state index contributed by atoms with van der Waals surface area (Å²) in [5.41, 5.74) is 4.11. The quantitative estimate of drug-likeness (QED) is 0.741. The number of nitrogens with one attached hydrogen (secondary N) is 1. The summed E-state index contributed by atoms with van der Waals surface area (Å²) in [5, 5.41) is 2.41. The normalized spacial score (nSPS) is 10.5. The highest BCUT2D eigenvalue weighted by Gasteiger charge is 2.13. The van der Waals surface area contributed by atoms with Gasteiger partial charge in [0.1, 0.15) is 0 Å². The molecule has 0 fully saturated rings. The molecule has 0 spiro atoms. The molecule has 1 aromatic carbocycles. The molecule has 9 nitrogen and oxygen atoms in total. The van der Waals surface area contributed by atoms with Gasteiger partial charge in [-0.2, -0.15) is 0 Å². The molecule has 116 valence electrons. The molecule has 0 bridgehead atoms. The van der Waals surface area contributed by atoms with Gasteiger partial charge < -0.3 is 11.1 Å². The van der Waals surface area contributed by atoms with Crippen LogP contribution in [0.15, 0.2) is 32.6 Å². The lowest BCUT2D eigenvalue weighted by Crippen LogP contribution is -2.52. The molecule has 0 unspecified atom stereocenters. The summed E-state index contributed by atoms with van der Waals surface area (Å²) in [4.78, 5) is 47.1. The van der Waals surface area contributed by atoms with Crippen LogP contribution in [0, 0.1) is 6.92 Å². The second-order valence-corrected chi connectivity index (χ2v) is 4.79. The van der Waals surface area contributed by atoms with E-state index in [-0.39, 0.29) is 5.69 Å². The Morgan fingerprint density at radius 1 is 1.05 bits per heavy atom. The fourth-order valence-electron chi connectivity index (χ4n) is 2.01. The minimum absolute atomic E-state index is 0.218. The minimum Gasteiger partial charge on any atom is -0.351 e. The number of hydrogen-bond acceptors (Lipinski definition) is 4.